The highest BCUT2D eigenvalue weighted by atomic mass is 35.5. The molecule has 1 aliphatic rings. The summed E-state index contributed by atoms with van der Waals surface area (Å²) in [6.45, 7) is 2.93. The van der Waals surface area contributed by atoms with Crippen LogP contribution in [0.2, 0.25) is 5.02 Å². The van der Waals surface area contributed by atoms with Gasteiger partial charge in [0.15, 0.2) is 0 Å². The number of primary amides is 1. The summed E-state index contributed by atoms with van der Waals surface area (Å²) in [5.41, 5.74) is 10.3. The van der Waals surface area contributed by atoms with E-state index in [-0.39, 0.29) is 11.9 Å². The summed E-state index contributed by atoms with van der Waals surface area (Å²) in [6, 6.07) is 11.5. The normalized spacial score (nSPS) is 14.5. The largest absolute Gasteiger partial charge is 0.489 e. The molecule has 0 saturated carbocycles. The Labute approximate surface area is 159 Å². The van der Waals surface area contributed by atoms with Crippen LogP contribution in [0.15, 0.2) is 36.4 Å². The van der Waals surface area contributed by atoms with Gasteiger partial charge in [0.1, 0.15) is 12.4 Å². The summed E-state index contributed by atoms with van der Waals surface area (Å²) in [5.74, 6) is 0.617. The zero-order chi connectivity index (χ0) is 18.5. The van der Waals surface area contributed by atoms with Crippen molar-refractivity contribution in [3.8, 4) is 5.75 Å². The number of ether oxygens (including phenoxy) is 1. The molecule has 1 atom stereocenters. The Hall–Kier alpha value is -2.04. The molecule has 0 unspecified atom stereocenters. The average molecular weight is 373 g/mol. The molecule has 0 bridgehead atoms. The van der Waals surface area contributed by atoms with Crippen LogP contribution in [0.25, 0.3) is 0 Å². The van der Waals surface area contributed by atoms with Gasteiger partial charge in [-0.3, -0.25) is 4.79 Å². The van der Waals surface area contributed by atoms with Gasteiger partial charge in [0.25, 0.3) is 0 Å². The Balaban J connectivity index is 1.76. The maximum atomic E-state index is 11.2. The topological polar surface area (TPSA) is 64.3 Å². The molecule has 4 nitrogen and oxygen atoms in total. The first kappa shape index (κ1) is 18.7. The first-order valence-electron chi connectivity index (χ1n) is 9.08. The molecule has 2 aromatic rings. The van der Waals surface area contributed by atoms with Crippen molar-refractivity contribution in [3.63, 3.8) is 0 Å². The number of amides is 1. The van der Waals surface area contributed by atoms with Crippen molar-refractivity contribution in [1.82, 2.24) is 5.32 Å². The lowest BCUT2D eigenvalue weighted by Crippen LogP contribution is -2.38. The van der Waals surface area contributed by atoms with E-state index in [4.69, 9.17) is 22.1 Å². The molecule has 1 aliphatic carbocycles. The quantitative estimate of drug-likeness (QED) is 0.777. The van der Waals surface area contributed by atoms with E-state index in [2.05, 4.69) is 11.4 Å². The monoisotopic (exact) mass is 372 g/mol. The van der Waals surface area contributed by atoms with Gasteiger partial charge in [0, 0.05) is 11.6 Å². The first-order valence-corrected chi connectivity index (χ1v) is 9.46. The SMILES string of the molecule is C[C@H](NCc1ccc(OCc2cccc(Cl)c2)c2c1CCCC2)C(N)=O. The van der Waals surface area contributed by atoms with Gasteiger partial charge in [-0.05, 0) is 73.1 Å². The molecular formula is C21H25ClN2O2. The summed E-state index contributed by atoms with van der Waals surface area (Å²) in [6.07, 6.45) is 4.43. The fraction of sp³-hybridized carbons (Fsp3) is 0.381. The van der Waals surface area contributed by atoms with Crippen LogP contribution in [-0.2, 0) is 30.8 Å². The molecule has 0 radical (unpaired) electrons. The van der Waals surface area contributed by atoms with Crippen molar-refractivity contribution in [3.05, 3.63) is 63.7 Å². The van der Waals surface area contributed by atoms with Crippen LogP contribution in [0.1, 0.15) is 42.0 Å². The molecule has 3 rings (SSSR count). The second kappa shape index (κ2) is 8.56. The number of nitrogens with two attached hydrogens (primary N) is 1. The van der Waals surface area contributed by atoms with Crippen molar-refractivity contribution in [2.45, 2.75) is 51.8 Å². The Kier molecular flexibility index (Phi) is 6.17. The van der Waals surface area contributed by atoms with Crippen molar-refractivity contribution in [1.29, 1.82) is 0 Å². The van der Waals surface area contributed by atoms with E-state index in [9.17, 15) is 4.79 Å². The Morgan fingerprint density at radius 3 is 2.73 bits per heavy atom. The summed E-state index contributed by atoms with van der Waals surface area (Å²) >= 11 is 6.05. The standard InChI is InChI=1S/C21H25ClN2O2/c1-14(21(23)25)24-12-16-9-10-20(19-8-3-2-7-18(16)19)26-13-15-5-4-6-17(22)11-15/h4-6,9-11,14,24H,2-3,7-8,12-13H2,1H3,(H2,23,25)/t14-/m0/s1. The Bertz CT molecular complexity index is 792. The molecule has 138 valence electrons. The van der Waals surface area contributed by atoms with E-state index in [1.54, 1.807) is 6.92 Å². The lowest BCUT2D eigenvalue weighted by atomic mass is 9.87. The van der Waals surface area contributed by atoms with Gasteiger partial charge in [-0.15, -0.1) is 0 Å². The summed E-state index contributed by atoms with van der Waals surface area (Å²) in [5, 5.41) is 3.92. The van der Waals surface area contributed by atoms with Crippen LogP contribution < -0.4 is 15.8 Å². The van der Waals surface area contributed by atoms with Crippen molar-refractivity contribution < 1.29 is 9.53 Å². The lowest BCUT2D eigenvalue weighted by Gasteiger charge is -2.23. The highest BCUT2D eigenvalue weighted by Gasteiger charge is 2.19. The zero-order valence-electron chi connectivity index (χ0n) is 15.1. The number of hydrogen-bond acceptors (Lipinski definition) is 3. The lowest BCUT2D eigenvalue weighted by molar-refractivity contribution is -0.119. The number of carbonyl (C=O) groups is 1. The summed E-state index contributed by atoms with van der Waals surface area (Å²) in [4.78, 5) is 11.2. The second-order valence-corrected chi connectivity index (χ2v) is 7.25. The van der Waals surface area contributed by atoms with Gasteiger partial charge in [-0.1, -0.05) is 29.8 Å². The van der Waals surface area contributed by atoms with Crippen molar-refractivity contribution in [2.75, 3.05) is 0 Å². The molecule has 3 N–H and O–H groups in total. The molecule has 0 fully saturated rings. The van der Waals surface area contributed by atoms with E-state index in [0.29, 0.717) is 13.2 Å². The number of fused-ring (bicyclic) bond motifs is 1. The minimum atomic E-state index is -0.340. The fourth-order valence-electron chi connectivity index (χ4n) is 3.36. The minimum Gasteiger partial charge on any atom is -0.489 e. The van der Waals surface area contributed by atoms with Gasteiger partial charge >= 0.3 is 0 Å². The van der Waals surface area contributed by atoms with Gasteiger partial charge in [-0.25, -0.2) is 0 Å². The van der Waals surface area contributed by atoms with Crippen molar-refractivity contribution in [2.24, 2.45) is 5.73 Å². The fourth-order valence-corrected chi connectivity index (χ4v) is 3.57. The summed E-state index contributed by atoms with van der Waals surface area (Å²) < 4.78 is 6.11. The molecular weight excluding hydrogens is 348 g/mol. The molecule has 26 heavy (non-hydrogen) atoms. The maximum Gasteiger partial charge on any atom is 0.234 e. The molecule has 0 aromatic heterocycles. The van der Waals surface area contributed by atoms with Gasteiger partial charge in [-0.2, -0.15) is 0 Å². The first-order chi connectivity index (χ1) is 12.5. The van der Waals surface area contributed by atoms with Gasteiger partial charge in [0.05, 0.1) is 6.04 Å². The van der Waals surface area contributed by atoms with E-state index in [0.717, 1.165) is 29.2 Å². The highest BCUT2D eigenvalue weighted by Crippen LogP contribution is 2.33. The summed E-state index contributed by atoms with van der Waals surface area (Å²) in [7, 11) is 0. The number of carbonyl (C=O) groups excluding carboxylic acids is 1. The predicted molar refractivity (Wildman–Crippen MR) is 104 cm³/mol. The molecule has 2 aromatic carbocycles. The number of benzene rings is 2. The van der Waals surface area contributed by atoms with E-state index in [1.165, 1.54) is 29.5 Å². The molecule has 0 aliphatic heterocycles. The molecule has 0 saturated heterocycles. The van der Waals surface area contributed by atoms with Crippen LogP contribution in [0.3, 0.4) is 0 Å². The van der Waals surface area contributed by atoms with Crippen molar-refractivity contribution >= 4 is 17.5 Å². The maximum absolute atomic E-state index is 11.2. The van der Waals surface area contributed by atoms with Crippen LogP contribution in [0.4, 0.5) is 0 Å². The van der Waals surface area contributed by atoms with E-state index < -0.39 is 0 Å². The number of nitrogens with one attached hydrogen (secondary N) is 1. The Morgan fingerprint density at radius 1 is 1.23 bits per heavy atom. The van der Waals surface area contributed by atoms with E-state index in [1.807, 2.05) is 30.3 Å². The van der Waals surface area contributed by atoms with Crippen LogP contribution in [-0.4, -0.2) is 11.9 Å². The van der Waals surface area contributed by atoms with Crippen LogP contribution in [0.5, 0.6) is 5.75 Å². The highest BCUT2D eigenvalue weighted by molar-refractivity contribution is 6.30. The number of hydrogen-bond donors (Lipinski definition) is 2. The Morgan fingerprint density at radius 2 is 2.00 bits per heavy atom. The molecule has 1 amide bonds. The third-order valence-corrected chi connectivity index (χ3v) is 5.13. The predicted octanol–water partition coefficient (Wildman–Crippen LogP) is 3.76. The molecule has 5 heteroatoms. The van der Waals surface area contributed by atoms with Gasteiger partial charge in [0.2, 0.25) is 5.91 Å². The van der Waals surface area contributed by atoms with Gasteiger partial charge < -0.3 is 15.8 Å². The van der Waals surface area contributed by atoms with E-state index >= 15 is 0 Å². The smallest absolute Gasteiger partial charge is 0.234 e. The molecule has 0 heterocycles. The zero-order valence-corrected chi connectivity index (χ0v) is 15.8. The second-order valence-electron chi connectivity index (χ2n) is 6.81. The number of rotatable bonds is 7. The van der Waals surface area contributed by atoms with Crippen LogP contribution >= 0.6 is 11.6 Å². The number of halogens is 1. The van der Waals surface area contributed by atoms with Crippen LogP contribution in [0, 0.1) is 0 Å². The molecule has 0 spiro atoms. The third kappa shape index (κ3) is 4.57. The minimum absolute atomic E-state index is 0.333. The average Bonchev–Trinajstić information content (AvgIpc) is 2.64. The third-order valence-electron chi connectivity index (χ3n) is 4.90.